The Hall–Kier alpha value is -1.39. The average Bonchev–Trinajstić information content (AvgIpc) is 2.16. The molecule has 0 spiro atoms. The molecule has 5 heteroatoms. The van der Waals surface area contributed by atoms with E-state index < -0.39 is 0 Å². The van der Waals surface area contributed by atoms with Crippen molar-refractivity contribution in [2.75, 3.05) is 0 Å². The monoisotopic (exact) mass is 225 g/mol. The highest BCUT2D eigenvalue weighted by Gasteiger charge is 2.18. The summed E-state index contributed by atoms with van der Waals surface area (Å²) in [6, 6.07) is -0.105. The number of rotatable bonds is 4. The van der Waals surface area contributed by atoms with Gasteiger partial charge in [0.1, 0.15) is 0 Å². The molecule has 1 heterocycles. The molecule has 0 saturated carbocycles. The van der Waals surface area contributed by atoms with Crippen LogP contribution in [0.4, 0.5) is 0 Å². The maximum Gasteiger partial charge on any atom is 0.240 e. The molecule has 0 fully saturated rings. The number of carbonyl (C=O) groups excluding carboxylic acids is 2. The number of nitrogens with one attached hydrogen (secondary N) is 2. The van der Waals surface area contributed by atoms with Crippen molar-refractivity contribution in [3.8, 4) is 0 Å². The van der Waals surface area contributed by atoms with Crippen molar-refractivity contribution in [3.05, 3.63) is 0 Å². The molecule has 0 aromatic heterocycles. The first-order valence-electron chi connectivity index (χ1n) is 5.63. The molecule has 1 aliphatic rings. The molecule has 2 amide bonds. The molecule has 2 N–H and O–H groups in total. The summed E-state index contributed by atoms with van der Waals surface area (Å²) in [5, 5.41) is 6.82. The quantitative estimate of drug-likeness (QED) is 0.743. The fraction of sp³-hybridized carbons (Fsp3) is 0.727. The van der Waals surface area contributed by atoms with Crippen molar-refractivity contribution < 1.29 is 9.59 Å². The molecular weight excluding hydrogens is 206 g/mol. The van der Waals surface area contributed by atoms with Gasteiger partial charge >= 0.3 is 0 Å². The van der Waals surface area contributed by atoms with Crippen LogP contribution in [0, 0.1) is 5.92 Å². The highest BCUT2D eigenvalue weighted by atomic mass is 16.2. The van der Waals surface area contributed by atoms with Crippen LogP contribution in [-0.2, 0) is 9.59 Å². The van der Waals surface area contributed by atoms with Crippen LogP contribution in [0.3, 0.4) is 0 Å². The normalized spacial score (nSPS) is 17.8. The maximum absolute atomic E-state index is 11.5. The lowest BCUT2D eigenvalue weighted by Gasteiger charge is -2.19. The predicted octanol–water partition coefficient (Wildman–Crippen LogP) is 0.803. The molecule has 0 aromatic carbocycles. The maximum atomic E-state index is 11.5. The van der Waals surface area contributed by atoms with Crippen molar-refractivity contribution in [1.29, 1.82) is 0 Å². The molecule has 90 valence electrons. The first-order chi connectivity index (χ1) is 7.49. The Balaban J connectivity index is 2.43. The number of amides is 2. The Kier molecular flexibility index (Phi) is 4.46. The molecular formula is C11H19N3O2. The Bertz CT molecular complexity index is 310. The molecule has 0 aliphatic carbocycles. The topological polar surface area (TPSA) is 70.6 Å². The second kappa shape index (κ2) is 5.63. The first-order valence-corrected chi connectivity index (χ1v) is 5.63. The Labute approximate surface area is 95.7 Å². The van der Waals surface area contributed by atoms with E-state index in [0.717, 1.165) is 5.71 Å². The summed E-state index contributed by atoms with van der Waals surface area (Å²) in [7, 11) is 0. The molecule has 0 bridgehead atoms. The van der Waals surface area contributed by atoms with Gasteiger partial charge < -0.3 is 5.32 Å². The van der Waals surface area contributed by atoms with E-state index in [1.165, 1.54) is 0 Å². The third kappa shape index (κ3) is 4.00. The van der Waals surface area contributed by atoms with Gasteiger partial charge in [-0.05, 0) is 19.3 Å². The van der Waals surface area contributed by atoms with Gasteiger partial charge in [-0.1, -0.05) is 13.8 Å². The van der Waals surface area contributed by atoms with Crippen LogP contribution < -0.4 is 10.7 Å². The summed E-state index contributed by atoms with van der Waals surface area (Å²) < 4.78 is 0. The fourth-order valence-electron chi connectivity index (χ4n) is 1.56. The second-order valence-corrected chi connectivity index (χ2v) is 4.53. The molecule has 1 aliphatic heterocycles. The number of carbonyl (C=O) groups is 2. The van der Waals surface area contributed by atoms with E-state index in [-0.39, 0.29) is 17.9 Å². The summed E-state index contributed by atoms with van der Waals surface area (Å²) in [6.45, 7) is 5.89. The van der Waals surface area contributed by atoms with E-state index in [1.807, 2.05) is 20.8 Å². The van der Waals surface area contributed by atoms with Crippen molar-refractivity contribution in [1.82, 2.24) is 10.7 Å². The van der Waals surface area contributed by atoms with Gasteiger partial charge in [-0.25, -0.2) is 5.43 Å². The van der Waals surface area contributed by atoms with Crippen molar-refractivity contribution in [2.24, 2.45) is 11.0 Å². The van der Waals surface area contributed by atoms with Crippen LogP contribution in [0.2, 0.25) is 0 Å². The Morgan fingerprint density at radius 3 is 2.62 bits per heavy atom. The lowest BCUT2D eigenvalue weighted by molar-refractivity contribution is -0.122. The standard InChI is InChI=1S/C11H19N3O2/c1-7(2)6-11(16)12-8(3)9-4-5-10(15)14-13-9/h7-8H,4-6H2,1-3H3,(H,12,16)(H,14,15). The Morgan fingerprint density at radius 1 is 1.44 bits per heavy atom. The van der Waals surface area contributed by atoms with Crippen LogP contribution in [0.5, 0.6) is 0 Å². The number of hydrazone groups is 1. The third-order valence-corrected chi connectivity index (χ3v) is 2.40. The molecule has 1 rings (SSSR count). The smallest absolute Gasteiger partial charge is 0.240 e. The van der Waals surface area contributed by atoms with E-state index in [4.69, 9.17) is 0 Å². The lowest BCUT2D eigenvalue weighted by atomic mass is 10.1. The van der Waals surface area contributed by atoms with E-state index in [9.17, 15) is 9.59 Å². The zero-order valence-corrected chi connectivity index (χ0v) is 10.0. The minimum atomic E-state index is -0.105. The molecule has 5 nitrogen and oxygen atoms in total. The van der Waals surface area contributed by atoms with Crippen LogP contribution in [0.25, 0.3) is 0 Å². The minimum Gasteiger partial charge on any atom is -0.348 e. The molecule has 1 atom stereocenters. The van der Waals surface area contributed by atoms with Gasteiger partial charge in [0.15, 0.2) is 0 Å². The van der Waals surface area contributed by atoms with E-state index >= 15 is 0 Å². The highest BCUT2D eigenvalue weighted by Crippen LogP contribution is 2.05. The van der Waals surface area contributed by atoms with E-state index in [0.29, 0.717) is 25.2 Å². The third-order valence-electron chi connectivity index (χ3n) is 2.40. The number of hydrogen-bond acceptors (Lipinski definition) is 3. The number of hydrogen-bond donors (Lipinski definition) is 2. The first kappa shape index (κ1) is 12.7. The lowest BCUT2D eigenvalue weighted by Crippen LogP contribution is -2.42. The largest absolute Gasteiger partial charge is 0.348 e. The van der Waals surface area contributed by atoms with Crippen molar-refractivity contribution in [2.45, 2.75) is 46.1 Å². The zero-order valence-electron chi connectivity index (χ0n) is 10.0. The summed E-state index contributed by atoms with van der Waals surface area (Å²) in [5.74, 6) is 0.312. The summed E-state index contributed by atoms with van der Waals surface area (Å²) in [6.07, 6.45) is 1.59. The molecule has 1 unspecified atom stereocenters. The predicted molar refractivity (Wildman–Crippen MR) is 61.9 cm³/mol. The van der Waals surface area contributed by atoms with Gasteiger partial charge in [0, 0.05) is 12.8 Å². The van der Waals surface area contributed by atoms with Gasteiger partial charge in [-0.3, -0.25) is 9.59 Å². The highest BCUT2D eigenvalue weighted by molar-refractivity contribution is 5.97. The van der Waals surface area contributed by atoms with Crippen LogP contribution in [0.1, 0.15) is 40.0 Å². The van der Waals surface area contributed by atoms with Gasteiger partial charge in [0.05, 0.1) is 11.8 Å². The van der Waals surface area contributed by atoms with Gasteiger partial charge in [0.25, 0.3) is 0 Å². The average molecular weight is 225 g/mol. The van der Waals surface area contributed by atoms with E-state index in [1.54, 1.807) is 0 Å². The Morgan fingerprint density at radius 2 is 2.12 bits per heavy atom. The minimum absolute atomic E-state index is 0.0297. The van der Waals surface area contributed by atoms with E-state index in [2.05, 4.69) is 15.8 Å². The van der Waals surface area contributed by atoms with Gasteiger partial charge in [-0.15, -0.1) is 0 Å². The number of nitrogens with zero attached hydrogens (tertiary/aromatic N) is 1. The van der Waals surface area contributed by atoms with Gasteiger partial charge in [-0.2, -0.15) is 5.10 Å². The van der Waals surface area contributed by atoms with Gasteiger partial charge in [0.2, 0.25) is 11.8 Å². The van der Waals surface area contributed by atoms with Crippen molar-refractivity contribution in [3.63, 3.8) is 0 Å². The summed E-state index contributed by atoms with van der Waals surface area (Å²) in [4.78, 5) is 22.4. The SMILES string of the molecule is CC(C)CC(=O)NC(C)C1=NNC(=O)CC1. The fourth-order valence-corrected chi connectivity index (χ4v) is 1.56. The zero-order chi connectivity index (χ0) is 12.1. The van der Waals surface area contributed by atoms with Crippen LogP contribution in [-0.4, -0.2) is 23.6 Å². The molecule has 0 radical (unpaired) electrons. The molecule has 0 saturated heterocycles. The van der Waals surface area contributed by atoms with Crippen LogP contribution >= 0.6 is 0 Å². The molecule has 16 heavy (non-hydrogen) atoms. The van der Waals surface area contributed by atoms with Crippen molar-refractivity contribution >= 4 is 17.5 Å². The summed E-state index contributed by atoms with van der Waals surface area (Å²) in [5.41, 5.74) is 3.26. The second-order valence-electron chi connectivity index (χ2n) is 4.53. The molecule has 0 aromatic rings. The van der Waals surface area contributed by atoms with Crippen LogP contribution in [0.15, 0.2) is 5.10 Å². The summed E-state index contributed by atoms with van der Waals surface area (Å²) >= 11 is 0.